The van der Waals surface area contributed by atoms with Gasteiger partial charge in [-0.2, -0.15) is 5.10 Å². The van der Waals surface area contributed by atoms with Gasteiger partial charge >= 0.3 is 0 Å². The molecule has 0 saturated heterocycles. The lowest BCUT2D eigenvalue weighted by atomic mass is 10.1. The van der Waals surface area contributed by atoms with E-state index in [1.165, 1.54) is 17.7 Å². The molecular formula is C14H25N3O. The van der Waals surface area contributed by atoms with Crippen molar-refractivity contribution >= 4 is 0 Å². The van der Waals surface area contributed by atoms with E-state index in [1.807, 2.05) is 11.7 Å². The lowest BCUT2D eigenvalue weighted by molar-refractivity contribution is 0.108. The molecule has 1 aromatic rings. The van der Waals surface area contributed by atoms with Gasteiger partial charge < -0.3 is 10.0 Å². The molecule has 1 saturated carbocycles. The zero-order valence-corrected chi connectivity index (χ0v) is 12.0. The zero-order chi connectivity index (χ0) is 13.3. The Hall–Kier alpha value is -0.870. The quantitative estimate of drug-likeness (QED) is 0.884. The maximum atomic E-state index is 9.87. The number of aromatic nitrogens is 2. The summed E-state index contributed by atoms with van der Waals surface area (Å²) in [6.45, 7) is 6.10. The van der Waals surface area contributed by atoms with Crippen molar-refractivity contribution in [2.45, 2.75) is 45.8 Å². The highest BCUT2D eigenvalue weighted by Crippen LogP contribution is 2.26. The molecule has 1 aromatic heterocycles. The second kappa shape index (κ2) is 5.41. The maximum absolute atomic E-state index is 9.87. The van der Waals surface area contributed by atoms with Crippen LogP contribution in [0, 0.1) is 19.8 Å². The number of hydrogen-bond donors (Lipinski definition) is 1. The van der Waals surface area contributed by atoms with Gasteiger partial charge in [0.25, 0.3) is 0 Å². The molecule has 1 aliphatic rings. The smallest absolute Gasteiger partial charge is 0.0641 e. The molecule has 4 heteroatoms. The Kier molecular flexibility index (Phi) is 4.07. The Morgan fingerprint density at radius 1 is 1.39 bits per heavy atom. The van der Waals surface area contributed by atoms with E-state index >= 15 is 0 Å². The second-order valence-electron chi connectivity index (χ2n) is 5.73. The Balaban J connectivity index is 1.96. The fourth-order valence-electron chi connectivity index (χ4n) is 3.01. The van der Waals surface area contributed by atoms with Crippen molar-refractivity contribution in [2.24, 2.45) is 13.0 Å². The Morgan fingerprint density at radius 2 is 2.11 bits per heavy atom. The van der Waals surface area contributed by atoms with Crippen LogP contribution < -0.4 is 0 Å². The average molecular weight is 251 g/mol. The average Bonchev–Trinajstić information content (AvgIpc) is 2.79. The monoisotopic (exact) mass is 251 g/mol. The van der Waals surface area contributed by atoms with E-state index in [0.29, 0.717) is 5.92 Å². The van der Waals surface area contributed by atoms with Crippen molar-refractivity contribution in [1.29, 1.82) is 0 Å². The highest BCUT2D eigenvalue weighted by molar-refractivity contribution is 5.24. The van der Waals surface area contributed by atoms with Crippen LogP contribution in [0.4, 0.5) is 0 Å². The molecule has 0 spiro atoms. The summed E-state index contributed by atoms with van der Waals surface area (Å²) in [6.07, 6.45) is 3.22. The first-order valence-electron chi connectivity index (χ1n) is 6.84. The lowest BCUT2D eigenvalue weighted by Crippen LogP contribution is -2.29. The van der Waals surface area contributed by atoms with Crippen molar-refractivity contribution in [3.05, 3.63) is 17.0 Å². The molecule has 1 aliphatic carbocycles. The number of rotatable bonds is 4. The standard InChI is InChI=1S/C14H25N3O/c1-10-13(11(2)17(4)15-10)9-16(3)8-12-6-5-7-14(12)18/h12,14,18H,5-9H2,1-4H3. The molecule has 0 aromatic carbocycles. The minimum absolute atomic E-state index is 0.0939. The molecule has 2 atom stereocenters. The van der Waals surface area contributed by atoms with E-state index in [0.717, 1.165) is 31.6 Å². The number of hydrogen-bond acceptors (Lipinski definition) is 3. The molecule has 18 heavy (non-hydrogen) atoms. The van der Waals surface area contributed by atoms with E-state index in [9.17, 15) is 5.11 Å². The van der Waals surface area contributed by atoms with Crippen LogP contribution in [-0.4, -0.2) is 39.5 Å². The molecular weight excluding hydrogens is 226 g/mol. The third-order valence-corrected chi connectivity index (χ3v) is 4.25. The van der Waals surface area contributed by atoms with Gasteiger partial charge in [-0.15, -0.1) is 0 Å². The summed E-state index contributed by atoms with van der Waals surface area (Å²) in [5, 5.41) is 14.3. The summed E-state index contributed by atoms with van der Waals surface area (Å²) in [5.74, 6) is 0.451. The highest BCUT2D eigenvalue weighted by atomic mass is 16.3. The van der Waals surface area contributed by atoms with Crippen LogP contribution in [0.3, 0.4) is 0 Å². The summed E-state index contributed by atoms with van der Waals surface area (Å²) < 4.78 is 1.95. The molecule has 1 fully saturated rings. The van der Waals surface area contributed by atoms with Crippen LogP contribution in [0.25, 0.3) is 0 Å². The van der Waals surface area contributed by atoms with E-state index in [2.05, 4.69) is 30.9 Å². The molecule has 1 N–H and O–H groups in total. The van der Waals surface area contributed by atoms with Gasteiger partial charge in [-0.1, -0.05) is 6.42 Å². The first kappa shape index (κ1) is 13.6. The fraction of sp³-hybridized carbons (Fsp3) is 0.786. The van der Waals surface area contributed by atoms with Gasteiger partial charge in [0.2, 0.25) is 0 Å². The first-order valence-corrected chi connectivity index (χ1v) is 6.84. The van der Waals surface area contributed by atoms with Crippen LogP contribution in [0.2, 0.25) is 0 Å². The van der Waals surface area contributed by atoms with Crippen LogP contribution in [0.5, 0.6) is 0 Å². The molecule has 0 bridgehead atoms. The summed E-state index contributed by atoms with van der Waals surface area (Å²) in [7, 11) is 4.13. The number of aliphatic hydroxyl groups excluding tert-OH is 1. The predicted octanol–water partition coefficient (Wildman–Crippen LogP) is 1.63. The highest BCUT2D eigenvalue weighted by Gasteiger charge is 2.26. The van der Waals surface area contributed by atoms with Gasteiger partial charge in [-0.25, -0.2) is 0 Å². The van der Waals surface area contributed by atoms with Gasteiger partial charge in [0.05, 0.1) is 11.8 Å². The lowest BCUT2D eigenvalue weighted by Gasteiger charge is -2.23. The largest absolute Gasteiger partial charge is 0.393 e. The molecule has 1 heterocycles. The molecule has 2 unspecified atom stereocenters. The van der Waals surface area contributed by atoms with Crippen LogP contribution in [-0.2, 0) is 13.6 Å². The summed E-state index contributed by atoms with van der Waals surface area (Å²) in [5.41, 5.74) is 3.69. The Labute approximate surface area is 110 Å². The predicted molar refractivity (Wildman–Crippen MR) is 72.4 cm³/mol. The normalized spacial score (nSPS) is 24.1. The molecule has 4 nitrogen and oxygen atoms in total. The molecule has 0 aliphatic heterocycles. The number of aryl methyl sites for hydroxylation is 2. The van der Waals surface area contributed by atoms with Crippen LogP contribution >= 0.6 is 0 Å². The van der Waals surface area contributed by atoms with Gasteiger partial charge in [-0.05, 0) is 39.7 Å². The van der Waals surface area contributed by atoms with E-state index < -0.39 is 0 Å². The topological polar surface area (TPSA) is 41.3 Å². The van der Waals surface area contributed by atoms with Crippen LogP contribution in [0.15, 0.2) is 0 Å². The molecule has 102 valence electrons. The van der Waals surface area contributed by atoms with E-state index in [4.69, 9.17) is 0 Å². The minimum atomic E-state index is -0.0939. The van der Waals surface area contributed by atoms with Gasteiger partial charge in [0.15, 0.2) is 0 Å². The molecule has 2 rings (SSSR count). The SMILES string of the molecule is Cc1nn(C)c(C)c1CN(C)CC1CCCC1O. The second-order valence-corrected chi connectivity index (χ2v) is 5.73. The minimum Gasteiger partial charge on any atom is -0.393 e. The molecule has 0 amide bonds. The van der Waals surface area contributed by atoms with Crippen LogP contribution in [0.1, 0.15) is 36.2 Å². The fourth-order valence-corrected chi connectivity index (χ4v) is 3.01. The third kappa shape index (κ3) is 2.75. The van der Waals surface area contributed by atoms with Gasteiger partial charge in [0, 0.05) is 31.4 Å². The van der Waals surface area contributed by atoms with Crippen molar-refractivity contribution in [1.82, 2.24) is 14.7 Å². The van der Waals surface area contributed by atoms with E-state index in [1.54, 1.807) is 0 Å². The third-order valence-electron chi connectivity index (χ3n) is 4.25. The van der Waals surface area contributed by atoms with Crippen molar-refractivity contribution in [3.8, 4) is 0 Å². The Morgan fingerprint density at radius 3 is 2.61 bits per heavy atom. The summed E-state index contributed by atoms with van der Waals surface area (Å²) >= 11 is 0. The van der Waals surface area contributed by atoms with Crippen molar-refractivity contribution in [2.75, 3.05) is 13.6 Å². The summed E-state index contributed by atoms with van der Waals surface area (Å²) in [6, 6.07) is 0. The first-order chi connectivity index (χ1) is 8.49. The number of aliphatic hydroxyl groups is 1. The van der Waals surface area contributed by atoms with Crippen molar-refractivity contribution < 1.29 is 5.11 Å². The van der Waals surface area contributed by atoms with Gasteiger partial charge in [-0.3, -0.25) is 4.68 Å². The molecule has 0 radical (unpaired) electrons. The maximum Gasteiger partial charge on any atom is 0.0641 e. The zero-order valence-electron chi connectivity index (χ0n) is 12.0. The summed E-state index contributed by atoms with van der Waals surface area (Å²) in [4.78, 5) is 2.32. The Bertz CT molecular complexity index is 413. The van der Waals surface area contributed by atoms with Crippen molar-refractivity contribution in [3.63, 3.8) is 0 Å². The number of nitrogens with zero attached hydrogens (tertiary/aromatic N) is 3. The van der Waals surface area contributed by atoms with E-state index in [-0.39, 0.29) is 6.10 Å². The van der Waals surface area contributed by atoms with Gasteiger partial charge in [0.1, 0.15) is 0 Å².